The largest absolute Gasteiger partial charge is 0.462 e. The molecule has 0 aliphatic rings. The van der Waals surface area contributed by atoms with Crippen LogP contribution in [-0.4, -0.2) is 37.2 Å². The molecule has 0 heterocycles. The normalized spacial score (nSPS) is 12.1. The number of hydrogen-bond donors (Lipinski definition) is 0. The third kappa shape index (κ3) is 41.1. The second kappa shape index (κ2) is 43.6. The van der Waals surface area contributed by atoms with Crippen LogP contribution in [0.25, 0.3) is 0 Å². The average molecular weight is 761 g/mol. The summed E-state index contributed by atoms with van der Waals surface area (Å²) < 4.78 is 16.7. The molecule has 0 aromatic heterocycles. The minimum absolute atomic E-state index is 0.0721. The highest BCUT2D eigenvalue weighted by atomic mass is 16.6. The SMILES string of the molecule is CCCCCC/C=C\C/C=C\CCCCCCCC(=O)OCC(COC(=O)CCCCCCCCCCC)OC(=O)CCCCCCCCCCCCC. The molecule has 0 saturated heterocycles. The zero-order chi connectivity index (χ0) is 39.4. The Labute approximate surface area is 334 Å². The van der Waals surface area contributed by atoms with Crippen LogP contribution in [0.4, 0.5) is 0 Å². The van der Waals surface area contributed by atoms with Gasteiger partial charge in [-0.3, -0.25) is 14.4 Å². The van der Waals surface area contributed by atoms with Crippen LogP contribution in [0.1, 0.15) is 245 Å². The van der Waals surface area contributed by atoms with Gasteiger partial charge in [0.1, 0.15) is 13.2 Å². The topological polar surface area (TPSA) is 78.9 Å². The maximum absolute atomic E-state index is 12.7. The number of esters is 3. The van der Waals surface area contributed by atoms with Crippen molar-refractivity contribution < 1.29 is 28.6 Å². The van der Waals surface area contributed by atoms with E-state index in [0.717, 1.165) is 77.0 Å². The molecular formula is C48H88O6. The van der Waals surface area contributed by atoms with Crippen molar-refractivity contribution in [1.82, 2.24) is 0 Å². The van der Waals surface area contributed by atoms with Gasteiger partial charge >= 0.3 is 17.9 Å². The van der Waals surface area contributed by atoms with Crippen LogP contribution in [0.15, 0.2) is 24.3 Å². The summed E-state index contributed by atoms with van der Waals surface area (Å²) in [5, 5.41) is 0. The third-order valence-electron chi connectivity index (χ3n) is 10.2. The second-order valence-corrected chi connectivity index (χ2v) is 15.7. The molecular weight excluding hydrogens is 673 g/mol. The molecule has 0 rings (SSSR count). The van der Waals surface area contributed by atoms with E-state index in [2.05, 4.69) is 45.1 Å². The van der Waals surface area contributed by atoms with Gasteiger partial charge in [0, 0.05) is 19.3 Å². The van der Waals surface area contributed by atoms with E-state index in [1.807, 2.05) is 0 Å². The van der Waals surface area contributed by atoms with Crippen LogP contribution in [0.3, 0.4) is 0 Å². The van der Waals surface area contributed by atoms with Crippen molar-refractivity contribution in [2.45, 2.75) is 252 Å². The first-order valence-corrected chi connectivity index (χ1v) is 23.3. The zero-order valence-corrected chi connectivity index (χ0v) is 36.0. The molecule has 0 amide bonds. The molecule has 0 aliphatic heterocycles. The van der Waals surface area contributed by atoms with Crippen LogP contribution >= 0.6 is 0 Å². The molecule has 0 fully saturated rings. The van der Waals surface area contributed by atoms with Crippen molar-refractivity contribution >= 4 is 17.9 Å². The zero-order valence-electron chi connectivity index (χ0n) is 36.0. The van der Waals surface area contributed by atoms with Crippen LogP contribution in [0.5, 0.6) is 0 Å². The summed E-state index contributed by atoms with van der Waals surface area (Å²) in [4.78, 5) is 37.7. The molecule has 54 heavy (non-hydrogen) atoms. The fraction of sp³-hybridized carbons (Fsp3) is 0.854. The number of rotatable bonds is 42. The van der Waals surface area contributed by atoms with Crippen molar-refractivity contribution in [1.29, 1.82) is 0 Å². The van der Waals surface area contributed by atoms with Gasteiger partial charge in [0.05, 0.1) is 0 Å². The van der Waals surface area contributed by atoms with E-state index in [9.17, 15) is 14.4 Å². The van der Waals surface area contributed by atoms with Gasteiger partial charge in [-0.1, -0.05) is 199 Å². The summed E-state index contributed by atoms with van der Waals surface area (Å²) in [7, 11) is 0. The predicted octanol–water partition coefficient (Wildman–Crippen LogP) is 14.8. The van der Waals surface area contributed by atoms with Gasteiger partial charge in [-0.15, -0.1) is 0 Å². The first-order valence-electron chi connectivity index (χ1n) is 23.3. The van der Waals surface area contributed by atoms with Gasteiger partial charge in [-0.2, -0.15) is 0 Å². The highest BCUT2D eigenvalue weighted by Gasteiger charge is 2.19. The van der Waals surface area contributed by atoms with Crippen LogP contribution in [-0.2, 0) is 28.6 Å². The Kier molecular flexibility index (Phi) is 41.9. The fourth-order valence-corrected chi connectivity index (χ4v) is 6.65. The molecule has 0 bridgehead atoms. The molecule has 1 unspecified atom stereocenters. The highest BCUT2D eigenvalue weighted by molar-refractivity contribution is 5.71. The Morgan fingerprint density at radius 3 is 1.04 bits per heavy atom. The number of unbranched alkanes of at least 4 members (excludes halogenated alkanes) is 27. The van der Waals surface area contributed by atoms with E-state index in [-0.39, 0.29) is 31.1 Å². The minimum Gasteiger partial charge on any atom is -0.462 e. The Morgan fingerprint density at radius 1 is 0.370 bits per heavy atom. The summed E-state index contributed by atoms with van der Waals surface area (Å²) >= 11 is 0. The van der Waals surface area contributed by atoms with E-state index in [1.54, 1.807) is 0 Å². The number of hydrogen-bond acceptors (Lipinski definition) is 6. The predicted molar refractivity (Wildman–Crippen MR) is 229 cm³/mol. The first kappa shape index (κ1) is 51.9. The Balaban J connectivity index is 4.33. The van der Waals surface area contributed by atoms with Gasteiger partial charge in [0.25, 0.3) is 0 Å². The lowest BCUT2D eigenvalue weighted by Gasteiger charge is -2.18. The smallest absolute Gasteiger partial charge is 0.306 e. The highest BCUT2D eigenvalue weighted by Crippen LogP contribution is 2.15. The standard InChI is InChI=1S/C48H88O6/c1-4-7-10-13-16-19-21-22-23-24-25-27-29-32-35-38-41-47(50)53-44-45(43-52-46(49)40-37-34-31-28-18-15-12-9-6-3)54-48(51)42-39-36-33-30-26-20-17-14-11-8-5-2/h19,21,23-24,45H,4-18,20,22,25-44H2,1-3H3/b21-19-,24-23-. The third-order valence-corrected chi connectivity index (χ3v) is 10.2. The van der Waals surface area contributed by atoms with Crippen molar-refractivity contribution in [3.8, 4) is 0 Å². The summed E-state index contributed by atoms with van der Waals surface area (Å²) in [5.74, 6) is -0.883. The Morgan fingerprint density at radius 2 is 0.667 bits per heavy atom. The first-order chi connectivity index (χ1) is 26.5. The molecule has 0 saturated carbocycles. The maximum atomic E-state index is 12.7. The number of ether oxygens (including phenoxy) is 3. The lowest BCUT2D eigenvalue weighted by atomic mass is 10.1. The summed E-state index contributed by atoms with van der Waals surface area (Å²) in [5.41, 5.74) is 0. The average Bonchev–Trinajstić information content (AvgIpc) is 3.17. The molecule has 0 radical (unpaired) electrons. The van der Waals surface area contributed by atoms with Crippen molar-refractivity contribution in [3.05, 3.63) is 24.3 Å². The summed E-state index contributed by atoms with van der Waals surface area (Å²) in [6.45, 7) is 6.59. The monoisotopic (exact) mass is 761 g/mol. The van der Waals surface area contributed by atoms with Crippen molar-refractivity contribution in [2.75, 3.05) is 13.2 Å². The minimum atomic E-state index is -0.768. The molecule has 0 aromatic carbocycles. The van der Waals surface area contributed by atoms with Crippen LogP contribution in [0, 0.1) is 0 Å². The molecule has 0 aliphatic carbocycles. The molecule has 6 nitrogen and oxygen atoms in total. The van der Waals surface area contributed by atoms with Crippen molar-refractivity contribution in [2.24, 2.45) is 0 Å². The summed E-state index contributed by atoms with van der Waals surface area (Å²) in [6, 6.07) is 0. The molecule has 6 heteroatoms. The molecule has 0 aromatic rings. The van der Waals surface area contributed by atoms with Gasteiger partial charge < -0.3 is 14.2 Å². The van der Waals surface area contributed by atoms with Crippen LogP contribution < -0.4 is 0 Å². The molecule has 1 atom stereocenters. The lowest BCUT2D eigenvalue weighted by Crippen LogP contribution is -2.30. The number of carbonyl (C=O) groups is 3. The van der Waals surface area contributed by atoms with Crippen molar-refractivity contribution in [3.63, 3.8) is 0 Å². The van der Waals surface area contributed by atoms with E-state index in [0.29, 0.717) is 19.3 Å². The van der Waals surface area contributed by atoms with Crippen LogP contribution in [0.2, 0.25) is 0 Å². The number of carbonyl (C=O) groups excluding carboxylic acids is 3. The number of allylic oxidation sites excluding steroid dienone is 4. The molecule has 316 valence electrons. The van der Waals surface area contributed by atoms with E-state index < -0.39 is 6.10 Å². The summed E-state index contributed by atoms with van der Waals surface area (Å²) in [6.07, 6.45) is 47.3. The Hall–Kier alpha value is -2.11. The maximum Gasteiger partial charge on any atom is 0.306 e. The van der Waals surface area contributed by atoms with Gasteiger partial charge in [-0.25, -0.2) is 0 Å². The van der Waals surface area contributed by atoms with E-state index in [4.69, 9.17) is 14.2 Å². The quantitative estimate of drug-likeness (QED) is 0.0267. The second-order valence-electron chi connectivity index (χ2n) is 15.7. The lowest BCUT2D eigenvalue weighted by molar-refractivity contribution is -0.167. The van der Waals surface area contributed by atoms with Gasteiger partial charge in [0.15, 0.2) is 6.10 Å². The fourth-order valence-electron chi connectivity index (χ4n) is 6.65. The van der Waals surface area contributed by atoms with E-state index >= 15 is 0 Å². The van der Waals surface area contributed by atoms with E-state index in [1.165, 1.54) is 128 Å². The van der Waals surface area contributed by atoms with Gasteiger partial charge in [-0.05, 0) is 51.4 Å². The molecule has 0 spiro atoms. The Bertz CT molecular complexity index is 880. The van der Waals surface area contributed by atoms with Gasteiger partial charge in [0.2, 0.25) is 0 Å². The molecule has 0 N–H and O–H groups in total.